The van der Waals surface area contributed by atoms with Gasteiger partial charge in [-0.1, -0.05) is 13.8 Å². The maximum atomic E-state index is 12.6. The number of carbonyl (C=O) groups excluding carboxylic acids is 2. The van der Waals surface area contributed by atoms with Crippen LogP contribution in [0.3, 0.4) is 0 Å². The van der Waals surface area contributed by atoms with Crippen molar-refractivity contribution in [3.63, 3.8) is 0 Å². The molecular formula is C18H31N3O5. The first kappa shape index (κ1) is 20.5. The molecule has 148 valence electrons. The van der Waals surface area contributed by atoms with E-state index < -0.39 is 12.1 Å². The number of ether oxygens (including phenoxy) is 1. The molecule has 0 aromatic carbocycles. The summed E-state index contributed by atoms with van der Waals surface area (Å²) in [5, 5.41) is 12.1. The average molecular weight is 369 g/mol. The molecule has 0 bridgehead atoms. The van der Waals surface area contributed by atoms with Gasteiger partial charge in [0, 0.05) is 32.6 Å². The van der Waals surface area contributed by atoms with Crippen LogP contribution in [0.5, 0.6) is 0 Å². The summed E-state index contributed by atoms with van der Waals surface area (Å²) in [6.45, 7) is 8.29. The van der Waals surface area contributed by atoms with Crippen molar-refractivity contribution in [2.24, 2.45) is 11.8 Å². The van der Waals surface area contributed by atoms with Crippen molar-refractivity contribution in [3.05, 3.63) is 0 Å². The summed E-state index contributed by atoms with van der Waals surface area (Å²) >= 11 is 0. The van der Waals surface area contributed by atoms with Gasteiger partial charge in [0.2, 0.25) is 5.91 Å². The Labute approximate surface area is 154 Å². The van der Waals surface area contributed by atoms with Crippen LogP contribution in [0.1, 0.15) is 40.0 Å². The van der Waals surface area contributed by atoms with E-state index in [1.165, 1.54) is 0 Å². The maximum Gasteiger partial charge on any atom is 0.334 e. The highest BCUT2D eigenvalue weighted by atomic mass is 16.5. The molecular weight excluding hydrogens is 338 g/mol. The maximum absolute atomic E-state index is 12.6. The Morgan fingerprint density at radius 3 is 2.58 bits per heavy atom. The molecule has 0 aliphatic carbocycles. The van der Waals surface area contributed by atoms with Crippen molar-refractivity contribution in [2.75, 3.05) is 32.7 Å². The van der Waals surface area contributed by atoms with Crippen molar-refractivity contribution >= 4 is 17.9 Å². The zero-order valence-corrected chi connectivity index (χ0v) is 15.9. The molecule has 0 saturated carbocycles. The third-order valence-corrected chi connectivity index (χ3v) is 4.82. The molecule has 8 nitrogen and oxygen atoms in total. The highest BCUT2D eigenvalue weighted by Gasteiger charge is 2.34. The number of nitrogens with zero attached hydrogens (tertiary/aromatic N) is 2. The van der Waals surface area contributed by atoms with E-state index in [1.807, 2.05) is 13.8 Å². The predicted molar refractivity (Wildman–Crippen MR) is 95.7 cm³/mol. The summed E-state index contributed by atoms with van der Waals surface area (Å²) in [4.78, 5) is 39.4. The van der Waals surface area contributed by atoms with Gasteiger partial charge in [-0.15, -0.1) is 0 Å². The predicted octanol–water partition coefficient (Wildman–Crippen LogP) is 1.15. The van der Waals surface area contributed by atoms with Gasteiger partial charge < -0.3 is 25.0 Å². The first-order chi connectivity index (χ1) is 12.3. The van der Waals surface area contributed by atoms with E-state index in [9.17, 15) is 14.4 Å². The molecule has 2 saturated heterocycles. The van der Waals surface area contributed by atoms with E-state index in [-0.39, 0.29) is 30.5 Å². The van der Waals surface area contributed by atoms with Gasteiger partial charge in [0.25, 0.3) is 0 Å². The fourth-order valence-corrected chi connectivity index (χ4v) is 3.49. The van der Waals surface area contributed by atoms with E-state index >= 15 is 0 Å². The smallest absolute Gasteiger partial charge is 0.334 e. The number of morpholine rings is 1. The van der Waals surface area contributed by atoms with Crippen molar-refractivity contribution in [1.82, 2.24) is 15.1 Å². The van der Waals surface area contributed by atoms with Gasteiger partial charge in [-0.3, -0.25) is 4.79 Å². The Hall–Kier alpha value is -1.83. The molecule has 0 aromatic heterocycles. The SMILES string of the molecule is CC(C)CNC(=O)N1CCCC(CC(=O)N2CC(C(=O)O)O[C@H](C)C2)C1. The molecule has 2 rings (SSSR count). The number of carbonyl (C=O) groups is 3. The lowest BCUT2D eigenvalue weighted by atomic mass is 9.94. The number of aliphatic carboxylic acids is 1. The van der Waals surface area contributed by atoms with Gasteiger partial charge >= 0.3 is 12.0 Å². The van der Waals surface area contributed by atoms with Crippen LogP contribution in [0.15, 0.2) is 0 Å². The third kappa shape index (κ3) is 5.86. The molecule has 2 N–H and O–H groups in total. The molecule has 8 heteroatoms. The number of rotatable bonds is 5. The summed E-state index contributed by atoms with van der Waals surface area (Å²) in [6.07, 6.45) is 0.866. The normalized spacial score (nSPS) is 26.7. The number of hydrogen-bond donors (Lipinski definition) is 2. The molecule has 3 amide bonds. The summed E-state index contributed by atoms with van der Waals surface area (Å²) in [5.74, 6) is -0.588. The summed E-state index contributed by atoms with van der Waals surface area (Å²) < 4.78 is 5.36. The molecule has 3 atom stereocenters. The third-order valence-electron chi connectivity index (χ3n) is 4.82. The van der Waals surface area contributed by atoms with Crippen LogP contribution in [-0.2, 0) is 14.3 Å². The Morgan fingerprint density at radius 2 is 1.92 bits per heavy atom. The molecule has 0 radical (unpaired) electrons. The summed E-state index contributed by atoms with van der Waals surface area (Å²) in [6, 6.07) is -0.0678. The highest BCUT2D eigenvalue weighted by molar-refractivity contribution is 5.79. The minimum atomic E-state index is -1.04. The Kier molecular flexibility index (Phi) is 7.25. The molecule has 2 unspecified atom stereocenters. The van der Waals surface area contributed by atoms with E-state index in [4.69, 9.17) is 9.84 Å². The van der Waals surface area contributed by atoms with Crippen LogP contribution in [0.25, 0.3) is 0 Å². The minimum Gasteiger partial charge on any atom is -0.479 e. The topological polar surface area (TPSA) is 99.2 Å². The monoisotopic (exact) mass is 369 g/mol. The summed E-state index contributed by atoms with van der Waals surface area (Å²) in [7, 11) is 0. The van der Waals surface area contributed by atoms with Crippen LogP contribution in [-0.4, -0.2) is 77.7 Å². The second-order valence-electron chi connectivity index (χ2n) is 7.81. The fraction of sp³-hybridized carbons (Fsp3) is 0.833. The second-order valence-corrected chi connectivity index (χ2v) is 7.81. The number of likely N-dealkylation sites (tertiary alicyclic amines) is 1. The van der Waals surface area contributed by atoms with Crippen molar-refractivity contribution < 1.29 is 24.2 Å². The van der Waals surface area contributed by atoms with Crippen LogP contribution in [0.2, 0.25) is 0 Å². The number of amides is 3. The van der Waals surface area contributed by atoms with Gasteiger partial charge in [0.15, 0.2) is 6.10 Å². The molecule has 2 aliphatic rings. The first-order valence-electron chi connectivity index (χ1n) is 9.45. The van der Waals surface area contributed by atoms with Gasteiger partial charge in [-0.05, 0) is 31.6 Å². The number of carboxylic acid groups (broad SMARTS) is 1. The number of nitrogens with one attached hydrogen (secondary N) is 1. The number of urea groups is 1. The van der Waals surface area contributed by atoms with Gasteiger partial charge in [-0.25, -0.2) is 9.59 Å². The molecule has 2 heterocycles. The summed E-state index contributed by atoms with van der Waals surface area (Å²) in [5.41, 5.74) is 0. The number of piperidine rings is 1. The largest absolute Gasteiger partial charge is 0.479 e. The van der Waals surface area contributed by atoms with Gasteiger partial charge in [0.05, 0.1) is 12.6 Å². The van der Waals surface area contributed by atoms with Crippen LogP contribution < -0.4 is 5.32 Å². The lowest BCUT2D eigenvalue weighted by molar-refractivity contribution is -0.166. The minimum absolute atomic E-state index is 0.0548. The molecule has 0 aromatic rings. The van der Waals surface area contributed by atoms with E-state index in [0.717, 1.165) is 12.8 Å². The Balaban J connectivity index is 1.86. The standard InChI is InChI=1S/C18H31N3O5/c1-12(2)8-19-18(25)20-6-4-5-14(10-20)7-16(22)21-9-13(3)26-15(11-21)17(23)24/h12-15H,4-11H2,1-3H3,(H,19,25)(H,23,24)/t13-,14?,15?/m1/s1. The molecule has 2 fully saturated rings. The number of carboxylic acids is 1. The van der Waals surface area contributed by atoms with Crippen LogP contribution >= 0.6 is 0 Å². The zero-order valence-electron chi connectivity index (χ0n) is 15.9. The zero-order chi connectivity index (χ0) is 19.3. The van der Waals surface area contributed by atoms with Crippen LogP contribution in [0.4, 0.5) is 4.79 Å². The molecule has 0 spiro atoms. The Morgan fingerprint density at radius 1 is 1.19 bits per heavy atom. The highest BCUT2D eigenvalue weighted by Crippen LogP contribution is 2.22. The fourth-order valence-electron chi connectivity index (χ4n) is 3.49. The van der Waals surface area contributed by atoms with Crippen molar-refractivity contribution in [3.8, 4) is 0 Å². The van der Waals surface area contributed by atoms with Crippen molar-refractivity contribution in [1.29, 1.82) is 0 Å². The number of hydrogen-bond acceptors (Lipinski definition) is 4. The quantitative estimate of drug-likeness (QED) is 0.757. The lowest BCUT2D eigenvalue weighted by Crippen LogP contribution is -2.52. The lowest BCUT2D eigenvalue weighted by Gasteiger charge is -2.37. The Bertz CT molecular complexity index is 525. The van der Waals surface area contributed by atoms with Gasteiger partial charge in [0.1, 0.15) is 0 Å². The van der Waals surface area contributed by atoms with Crippen LogP contribution in [0, 0.1) is 11.8 Å². The van der Waals surface area contributed by atoms with Crippen molar-refractivity contribution in [2.45, 2.75) is 52.2 Å². The second kappa shape index (κ2) is 9.21. The molecule has 26 heavy (non-hydrogen) atoms. The van der Waals surface area contributed by atoms with Gasteiger partial charge in [-0.2, -0.15) is 0 Å². The van der Waals surface area contributed by atoms with E-state index in [1.54, 1.807) is 16.7 Å². The average Bonchev–Trinajstić information content (AvgIpc) is 2.59. The molecule has 2 aliphatic heterocycles. The first-order valence-corrected chi connectivity index (χ1v) is 9.45. The van der Waals surface area contributed by atoms with E-state index in [2.05, 4.69) is 5.32 Å². The van der Waals surface area contributed by atoms with E-state index in [0.29, 0.717) is 38.5 Å².